The van der Waals surface area contributed by atoms with Gasteiger partial charge >= 0.3 is 5.97 Å². The van der Waals surface area contributed by atoms with Gasteiger partial charge in [-0.3, -0.25) is 4.90 Å². The average molecular weight is 486 g/mol. The van der Waals surface area contributed by atoms with E-state index in [0.717, 1.165) is 42.1 Å². The maximum Gasteiger partial charge on any atom is 0.335 e. The minimum Gasteiger partial charge on any atom is -0.497 e. The number of carbonyl (C=O) groups is 1. The van der Waals surface area contributed by atoms with Crippen molar-refractivity contribution in [3.63, 3.8) is 0 Å². The van der Waals surface area contributed by atoms with E-state index in [0.29, 0.717) is 24.0 Å². The molecule has 0 saturated carbocycles. The van der Waals surface area contributed by atoms with Crippen LogP contribution in [0.25, 0.3) is 22.4 Å². The molecule has 36 heavy (non-hydrogen) atoms. The molecule has 1 unspecified atom stereocenters. The second-order valence-electron chi connectivity index (χ2n) is 9.25. The van der Waals surface area contributed by atoms with Crippen molar-refractivity contribution in [3.05, 3.63) is 77.9 Å². The molecule has 4 aromatic rings. The molecule has 3 aromatic carbocycles. The van der Waals surface area contributed by atoms with Crippen LogP contribution in [0.4, 0.5) is 0 Å². The monoisotopic (exact) mass is 485 g/mol. The number of ether oxygens (including phenoxy) is 2. The van der Waals surface area contributed by atoms with Crippen molar-refractivity contribution < 1.29 is 19.4 Å². The van der Waals surface area contributed by atoms with Gasteiger partial charge in [0.25, 0.3) is 0 Å². The number of hydrogen-bond donors (Lipinski definition) is 2. The standard InChI is InChI=1S/C29H31N3O4/c1-35-24-10-5-20(6-11-24)19-32-16-3-2-4-23(32)15-17-36-25-12-7-21(8-13-25)28-30-26-14-9-22(29(33)34)18-27(26)31-28/h5-14,18,23H,2-4,15-17,19H2,1H3,(H,30,31)(H,33,34). The van der Waals surface area contributed by atoms with E-state index < -0.39 is 5.97 Å². The summed E-state index contributed by atoms with van der Waals surface area (Å²) in [6.45, 7) is 2.75. The van der Waals surface area contributed by atoms with Gasteiger partial charge in [0, 0.05) is 18.2 Å². The Morgan fingerprint density at radius 2 is 1.83 bits per heavy atom. The molecule has 0 bridgehead atoms. The van der Waals surface area contributed by atoms with Crippen molar-refractivity contribution >= 4 is 17.0 Å². The third kappa shape index (κ3) is 5.52. The summed E-state index contributed by atoms with van der Waals surface area (Å²) >= 11 is 0. The molecule has 0 spiro atoms. The largest absolute Gasteiger partial charge is 0.497 e. The predicted molar refractivity (Wildman–Crippen MR) is 140 cm³/mol. The maximum absolute atomic E-state index is 11.2. The van der Waals surface area contributed by atoms with E-state index in [4.69, 9.17) is 9.47 Å². The maximum atomic E-state index is 11.2. The number of rotatable bonds is 9. The Hall–Kier alpha value is -3.84. The number of fused-ring (bicyclic) bond motifs is 1. The van der Waals surface area contributed by atoms with Crippen molar-refractivity contribution in [2.45, 2.75) is 38.3 Å². The summed E-state index contributed by atoms with van der Waals surface area (Å²) < 4.78 is 11.4. The normalized spacial score (nSPS) is 16.2. The molecular weight excluding hydrogens is 454 g/mol. The van der Waals surface area contributed by atoms with Crippen molar-refractivity contribution in [2.75, 3.05) is 20.3 Å². The highest BCUT2D eigenvalue weighted by atomic mass is 16.5. The van der Waals surface area contributed by atoms with Crippen molar-refractivity contribution in [3.8, 4) is 22.9 Å². The van der Waals surface area contributed by atoms with E-state index in [2.05, 4.69) is 27.0 Å². The molecule has 1 atom stereocenters. The van der Waals surface area contributed by atoms with Crippen molar-refractivity contribution in [1.82, 2.24) is 14.9 Å². The lowest BCUT2D eigenvalue weighted by Crippen LogP contribution is -2.39. The Bertz CT molecular complexity index is 1310. The number of nitrogens with one attached hydrogen (secondary N) is 1. The number of H-pyrrole nitrogens is 1. The lowest BCUT2D eigenvalue weighted by Gasteiger charge is -2.35. The summed E-state index contributed by atoms with van der Waals surface area (Å²) in [6.07, 6.45) is 4.71. The second kappa shape index (κ2) is 10.8. The van der Waals surface area contributed by atoms with Crippen LogP contribution in [0.15, 0.2) is 66.7 Å². The van der Waals surface area contributed by atoms with Gasteiger partial charge < -0.3 is 19.6 Å². The van der Waals surface area contributed by atoms with E-state index in [-0.39, 0.29) is 5.56 Å². The predicted octanol–water partition coefficient (Wildman–Crippen LogP) is 5.76. The van der Waals surface area contributed by atoms with Gasteiger partial charge in [-0.05, 0) is 86.0 Å². The number of benzene rings is 3. The van der Waals surface area contributed by atoms with Crippen molar-refractivity contribution in [2.24, 2.45) is 0 Å². The van der Waals surface area contributed by atoms with Crippen LogP contribution in [-0.4, -0.2) is 52.2 Å². The molecule has 1 aliphatic rings. The fraction of sp³-hybridized carbons (Fsp3) is 0.310. The van der Waals surface area contributed by atoms with E-state index in [1.165, 1.54) is 24.8 Å². The van der Waals surface area contributed by atoms with Crippen LogP contribution in [0.1, 0.15) is 41.6 Å². The topological polar surface area (TPSA) is 87.7 Å². The van der Waals surface area contributed by atoms with Crippen LogP contribution in [0, 0.1) is 0 Å². The molecule has 2 N–H and O–H groups in total. The van der Waals surface area contributed by atoms with Gasteiger partial charge in [0.05, 0.1) is 30.3 Å². The van der Waals surface area contributed by atoms with Crippen LogP contribution in [-0.2, 0) is 6.54 Å². The van der Waals surface area contributed by atoms with E-state index in [1.807, 2.05) is 36.4 Å². The van der Waals surface area contributed by atoms with Gasteiger partial charge in [-0.15, -0.1) is 0 Å². The zero-order valence-electron chi connectivity index (χ0n) is 20.4. The highest BCUT2D eigenvalue weighted by Gasteiger charge is 2.22. The fourth-order valence-corrected chi connectivity index (χ4v) is 4.86. The van der Waals surface area contributed by atoms with Gasteiger partial charge in [0.1, 0.15) is 17.3 Å². The number of aromatic nitrogens is 2. The molecule has 0 aliphatic carbocycles. The zero-order chi connectivity index (χ0) is 24.9. The quantitative estimate of drug-likeness (QED) is 0.313. The summed E-state index contributed by atoms with van der Waals surface area (Å²) in [5.41, 5.74) is 3.92. The molecule has 7 heteroatoms. The molecule has 1 aliphatic heterocycles. The SMILES string of the molecule is COc1ccc(CN2CCCCC2CCOc2ccc(-c3nc4ccc(C(=O)O)cc4[nH]3)cc2)cc1. The number of piperidine rings is 1. The summed E-state index contributed by atoms with van der Waals surface area (Å²) in [5.74, 6) is 1.48. The zero-order valence-corrected chi connectivity index (χ0v) is 20.4. The number of carboxylic acid groups (broad SMARTS) is 1. The molecule has 5 rings (SSSR count). The minimum absolute atomic E-state index is 0.238. The van der Waals surface area contributed by atoms with Gasteiger partial charge in [-0.2, -0.15) is 0 Å². The molecule has 0 amide bonds. The summed E-state index contributed by atoms with van der Waals surface area (Å²) in [6, 6.07) is 21.6. The van der Waals surface area contributed by atoms with Crippen LogP contribution < -0.4 is 9.47 Å². The third-order valence-electron chi connectivity index (χ3n) is 6.87. The lowest BCUT2D eigenvalue weighted by molar-refractivity contribution is 0.0697. The highest BCUT2D eigenvalue weighted by Crippen LogP contribution is 2.26. The number of imidazole rings is 1. The lowest BCUT2D eigenvalue weighted by atomic mass is 9.99. The first-order valence-electron chi connectivity index (χ1n) is 12.4. The molecule has 7 nitrogen and oxygen atoms in total. The van der Waals surface area contributed by atoms with Gasteiger partial charge in [0.2, 0.25) is 0 Å². The Labute approximate surface area is 210 Å². The van der Waals surface area contributed by atoms with Crippen molar-refractivity contribution in [1.29, 1.82) is 0 Å². The number of methoxy groups -OCH3 is 1. The molecular formula is C29H31N3O4. The molecule has 1 aromatic heterocycles. The summed E-state index contributed by atoms with van der Waals surface area (Å²) in [7, 11) is 1.69. The second-order valence-corrected chi connectivity index (χ2v) is 9.25. The third-order valence-corrected chi connectivity index (χ3v) is 6.87. The van der Waals surface area contributed by atoms with Crippen LogP contribution >= 0.6 is 0 Å². The van der Waals surface area contributed by atoms with E-state index in [1.54, 1.807) is 25.3 Å². The number of carboxylic acids is 1. The Morgan fingerprint density at radius 1 is 1.06 bits per heavy atom. The Balaban J connectivity index is 1.17. The summed E-state index contributed by atoms with van der Waals surface area (Å²) in [4.78, 5) is 21.6. The Kier molecular flexibility index (Phi) is 7.18. The number of nitrogens with zero attached hydrogens (tertiary/aromatic N) is 2. The molecule has 1 fully saturated rings. The first-order valence-corrected chi connectivity index (χ1v) is 12.4. The number of aromatic amines is 1. The molecule has 186 valence electrons. The average Bonchev–Trinajstić information content (AvgIpc) is 3.34. The Morgan fingerprint density at radius 3 is 2.58 bits per heavy atom. The van der Waals surface area contributed by atoms with Gasteiger partial charge in [-0.25, -0.2) is 9.78 Å². The first-order chi connectivity index (χ1) is 17.6. The summed E-state index contributed by atoms with van der Waals surface area (Å²) in [5, 5.41) is 9.20. The van der Waals surface area contributed by atoms with Crippen LogP contribution in [0.3, 0.4) is 0 Å². The number of aromatic carboxylic acids is 1. The van der Waals surface area contributed by atoms with Gasteiger partial charge in [-0.1, -0.05) is 18.6 Å². The fourth-order valence-electron chi connectivity index (χ4n) is 4.86. The molecule has 2 heterocycles. The molecule has 0 radical (unpaired) electrons. The van der Waals surface area contributed by atoms with Crippen LogP contribution in [0.2, 0.25) is 0 Å². The minimum atomic E-state index is -0.952. The highest BCUT2D eigenvalue weighted by molar-refractivity contribution is 5.93. The van der Waals surface area contributed by atoms with E-state index in [9.17, 15) is 9.90 Å². The smallest absolute Gasteiger partial charge is 0.335 e. The molecule has 1 saturated heterocycles. The van der Waals surface area contributed by atoms with E-state index >= 15 is 0 Å². The van der Waals surface area contributed by atoms with Crippen LogP contribution in [0.5, 0.6) is 11.5 Å². The van der Waals surface area contributed by atoms with Gasteiger partial charge in [0.15, 0.2) is 0 Å². The number of hydrogen-bond acceptors (Lipinski definition) is 5. The number of likely N-dealkylation sites (tertiary alicyclic amines) is 1. The first kappa shape index (κ1) is 23.9.